The van der Waals surface area contributed by atoms with Gasteiger partial charge in [-0.25, -0.2) is 9.78 Å². The van der Waals surface area contributed by atoms with E-state index in [1.54, 1.807) is 17.0 Å². The van der Waals surface area contributed by atoms with Gasteiger partial charge in [-0.05, 0) is 30.9 Å². The van der Waals surface area contributed by atoms with Gasteiger partial charge in [0.25, 0.3) is 5.91 Å². The molecular weight excluding hydrogens is 324 g/mol. The van der Waals surface area contributed by atoms with Crippen LogP contribution in [-0.4, -0.2) is 40.0 Å². The van der Waals surface area contributed by atoms with Crippen LogP contribution in [0.5, 0.6) is 0 Å². The Morgan fingerprint density at radius 2 is 2.17 bits per heavy atom. The summed E-state index contributed by atoms with van der Waals surface area (Å²) in [7, 11) is 0. The molecule has 1 saturated heterocycles. The fourth-order valence-corrected chi connectivity index (χ4v) is 4.02. The van der Waals surface area contributed by atoms with Crippen LogP contribution in [0.4, 0.5) is 0 Å². The fourth-order valence-electron chi connectivity index (χ4n) is 3.15. The van der Waals surface area contributed by atoms with E-state index >= 15 is 0 Å². The quantitative estimate of drug-likeness (QED) is 0.902. The monoisotopic (exact) mass is 344 g/mol. The number of nitrogens with zero attached hydrogens (tertiary/aromatic N) is 2. The standard InChI is InChI=1S/C18H20N2O3S/c1-2-5-16-19-15(11-24-16)17(21)20-9-8-12(10-20)13-6-3-4-7-14(13)18(22)23/h3-4,6-7,11-12H,2,5,8-10H2,1H3,(H,22,23)/t12-/m1/s1. The summed E-state index contributed by atoms with van der Waals surface area (Å²) in [6.45, 7) is 3.27. The van der Waals surface area contributed by atoms with Crippen LogP contribution in [0.1, 0.15) is 57.1 Å². The lowest BCUT2D eigenvalue weighted by atomic mass is 9.93. The lowest BCUT2D eigenvalue weighted by molar-refractivity contribution is 0.0695. The molecule has 1 aliphatic heterocycles. The zero-order valence-corrected chi connectivity index (χ0v) is 14.4. The zero-order valence-electron chi connectivity index (χ0n) is 13.6. The molecule has 1 aromatic carbocycles. The Hall–Kier alpha value is -2.21. The van der Waals surface area contributed by atoms with Crippen molar-refractivity contribution in [1.29, 1.82) is 0 Å². The van der Waals surface area contributed by atoms with Gasteiger partial charge in [-0.3, -0.25) is 4.79 Å². The molecule has 1 amide bonds. The molecule has 1 atom stereocenters. The first-order chi connectivity index (χ1) is 11.6. The molecule has 126 valence electrons. The molecule has 1 aromatic heterocycles. The minimum absolute atomic E-state index is 0.0519. The number of carbonyl (C=O) groups excluding carboxylic acids is 1. The Morgan fingerprint density at radius 3 is 2.92 bits per heavy atom. The van der Waals surface area contributed by atoms with Gasteiger partial charge >= 0.3 is 5.97 Å². The average molecular weight is 344 g/mol. The lowest BCUT2D eigenvalue weighted by Gasteiger charge is -2.16. The van der Waals surface area contributed by atoms with Gasteiger partial charge in [-0.1, -0.05) is 25.1 Å². The lowest BCUT2D eigenvalue weighted by Crippen LogP contribution is -2.28. The summed E-state index contributed by atoms with van der Waals surface area (Å²) in [5, 5.41) is 12.2. The number of aromatic nitrogens is 1. The number of amides is 1. The molecule has 24 heavy (non-hydrogen) atoms. The molecule has 0 saturated carbocycles. The number of carboxylic acid groups (broad SMARTS) is 1. The smallest absolute Gasteiger partial charge is 0.335 e. The number of aryl methyl sites for hydroxylation is 1. The molecule has 2 aromatic rings. The SMILES string of the molecule is CCCc1nc(C(=O)N2CC[C@@H](c3ccccc3C(=O)O)C2)cs1. The second kappa shape index (κ2) is 7.13. The zero-order chi connectivity index (χ0) is 17.1. The predicted molar refractivity (Wildman–Crippen MR) is 92.8 cm³/mol. The molecule has 3 rings (SSSR count). The van der Waals surface area contributed by atoms with Crippen molar-refractivity contribution >= 4 is 23.2 Å². The third kappa shape index (κ3) is 3.33. The maximum atomic E-state index is 12.6. The van der Waals surface area contributed by atoms with Crippen molar-refractivity contribution in [2.75, 3.05) is 13.1 Å². The van der Waals surface area contributed by atoms with Crippen molar-refractivity contribution in [3.05, 3.63) is 51.5 Å². The molecule has 2 heterocycles. The first-order valence-electron chi connectivity index (χ1n) is 8.16. The van der Waals surface area contributed by atoms with Crippen LogP contribution >= 0.6 is 11.3 Å². The van der Waals surface area contributed by atoms with Gasteiger partial charge in [0, 0.05) is 24.4 Å². The normalized spacial score (nSPS) is 17.2. The largest absolute Gasteiger partial charge is 0.478 e. The summed E-state index contributed by atoms with van der Waals surface area (Å²) in [4.78, 5) is 30.2. The van der Waals surface area contributed by atoms with E-state index in [9.17, 15) is 14.7 Å². The number of thiazole rings is 1. The molecule has 5 nitrogen and oxygen atoms in total. The number of hydrogen-bond donors (Lipinski definition) is 1. The Kier molecular flexibility index (Phi) is 4.94. The van der Waals surface area contributed by atoms with E-state index in [-0.39, 0.29) is 11.8 Å². The van der Waals surface area contributed by atoms with Crippen LogP contribution in [0.2, 0.25) is 0 Å². The summed E-state index contributed by atoms with van der Waals surface area (Å²) in [6.07, 6.45) is 2.69. The summed E-state index contributed by atoms with van der Waals surface area (Å²) in [6, 6.07) is 7.06. The fraction of sp³-hybridized carbons (Fsp3) is 0.389. The van der Waals surface area contributed by atoms with Gasteiger partial charge in [0.1, 0.15) is 5.69 Å². The van der Waals surface area contributed by atoms with E-state index in [0.29, 0.717) is 24.3 Å². The van der Waals surface area contributed by atoms with Crippen molar-refractivity contribution in [2.24, 2.45) is 0 Å². The van der Waals surface area contributed by atoms with Gasteiger partial charge in [-0.15, -0.1) is 11.3 Å². The van der Waals surface area contributed by atoms with Gasteiger partial charge in [-0.2, -0.15) is 0 Å². The second-order valence-electron chi connectivity index (χ2n) is 6.01. The highest BCUT2D eigenvalue weighted by molar-refractivity contribution is 7.09. The first-order valence-corrected chi connectivity index (χ1v) is 9.04. The highest BCUT2D eigenvalue weighted by Gasteiger charge is 2.31. The van der Waals surface area contributed by atoms with Gasteiger partial charge in [0.2, 0.25) is 0 Å². The van der Waals surface area contributed by atoms with Crippen molar-refractivity contribution in [3.8, 4) is 0 Å². The summed E-state index contributed by atoms with van der Waals surface area (Å²) >= 11 is 1.53. The van der Waals surface area contributed by atoms with Crippen LogP contribution in [-0.2, 0) is 6.42 Å². The third-order valence-corrected chi connectivity index (χ3v) is 5.25. The van der Waals surface area contributed by atoms with E-state index < -0.39 is 5.97 Å². The number of carbonyl (C=O) groups is 2. The molecule has 0 bridgehead atoms. The van der Waals surface area contributed by atoms with Crippen molar-refractivity contribution < 1.29 is 14.7 Å². The number of aromatic carboxylic acids is 1. The Labute approximate surface area is 145 Å². The van der Waals surface area contributed by atoms with Gasteiger partial charge in [0.15, 0.2) is 0 Å². The molecule has 1 N–H and O–H groups in total. The molecule has 6 heteroatoms. The molecule has 0 unspecified atom stereocenters. The number of benzene rings is 1. The highest BCUT2D eigenvalue weighted by Crippen LogP contribution is 2.30. The average Bonchev–Trinajstić information content (AvgIpc) is 3.24. The maximum absolute atomic E-state index is 12.6. The number of rotatable bonds is 5. The van der Waals surface area contributed by atoms with E-state index in [1.807, 2.05) is 17.5 Å². The maximum Gasteiger partial charge on any atom is 0.335 e. The summed E-state index contributed by atoms with van der Waals surface area (Å²) in [5.41, 5.74) is 1.65. The van der Waals surface area contributed by atoms with Crippen LogP contribution in [0.25, 0.3) is 0 Å². The molecule has 0 aliphatic carbocycles. The summed E-state index contributed by atoms with van der Waals surface area (Å²) < 4.78 is 0. The third-order valence-electron chi connectivity index (χ3n) is 4.34. The highest BCUT2D eigenvalue weighted by atomic mass is 32.1. The van der Waals surface area contributed by atoms with Crippen LogP contribution in [0, 0.1) is 0 Å². The minimum atomic E-state index is -0.918. The van der Waals surface area contributed by atoms with E-state index in [0.717, 1.165) is 29.8 Å². The van der Waals surface area contributed by atoms with Crippen molar-refractivity contribution in [2.45, 2.75) is 32.1 Å². The molecule has 0 radical (unpaired) electrons. The van der Waals surface area contributed by atoms with Crippen molar-refractivity contribution in [3.63, 3.8) is 0 Å². The van der Waals surface area contributed by atoms with Gasteiger partial charge < -0.3 is 10.0 Å². The molecule has 1 fully saturated rings. The van der Waals surface area contributed by atoms with Crippen LogP contribution < -0.4 is 0 Å². The first kappa shape index (κ1) is 16.6. The van der Waals surface area contributed by atoms with Gasteiger partial charge in [0.05, 0.1) is 10.6 Å². The Morgan fingerprint density at radius 1 is 1.38 bits per heavy atom. The molecular formula is C18H20N2O3S. The predicted octanol–water partition coefficient (Wildman–Crippen LogP) is 3.42. The van der Waals surface area contributed by atoms with E-state index in [2.05, 4.69) is 11.9 Å². The van der Waals surface area contributed by atoms with E-state index in [4.69, 9.17) is 0 Å². The number of carboxylic acids is 1. The van der Waals surface area contributed by atoms with Crippen LogP contribution in [0.3, 0.4) is 0 Å². The van der Waals surface area contributed by atoms with Crippen molar-refractivity contribution in [1.82, 2.24) is 9.88 Å². The summed E-state index contributed by atoms with van der Waals surface area (Å²) in [5.74, 6) is -0.905. The second-order valence-corrected chi connectivity index (χ2v) is 6.95. The Bertz CT molecular complexity index is 756. The Balaban J connectivity index is 1.73. The van der Waals surface area contributed by atoms with E-state index in [1.165, 1.54) is 11.3 Å². The topological polar surface area (TPSA) is 70.5 Å². The molecule has 0 spiro atoms. The van der Waals surface area contributed by atoms with Crippen LogP contribution in [0.15, 0.2) is 29.6 Å². The number of likely N-dealkylation sites (tertiary alicyclic amines) is 1. The minimum Gasteiger partial charge on any atom is -0.478 e. The molecule has 1 aliphatic rings. The number of hydrogen-bond acceptors (Lipinski definition) is 4.